The Morgan fingerprint density at radius 2 is 1.55 bits per heavy atom. The van der Waals surface area contributed by atoms with Crippen LogP contribution in [-0.2, 0) is 6.54 Å². The van der Waals surface area contributed by atoms with Crippen LogP contribution in [0.5, 0.6) is 17.2 Å². The van der Waals surface area contributed by atoms with Gasteiger partial charge in [0.05, 0.1) is 26.9 Å². The molecule has 0 unspecified atom stereocenters. The van der Waals surface area contributed by atoms with Crippen molar-refractivity contribution in [2.75, 3.05) is 27.9 Å². The molecule has 4 heteroatoms. The van der Waals surface area contributed by atoms with E-state index in [1.165, 1.54) is 25.7 Å². The highest BCUT2D eigenvalue weighted by Crippen LogP contribution is 2.34. The first kappa shape index (κ1) is 16.9. The van der Waals surface area contributed by atoms with E-state index in [-0.39, 0.29) is 0 Å². The van der Waals surface area contributed by atoms with Gasteiger partial charge in [-0.1, -0.05) is 19.8 Å². The molecular formula is C18H29NO3. The molecule has 1 aliphatic carbocycles. The first-order valence-electron chi connectivity index (χ1n) is 8.17. The van der Waals surface area contributed by atoms with E-state index in [2.05, 4.69) is 12.2 Å². The van der Waals surface area contributed by atoms with E-state index in [0.29, 0.717) is 0 Å². The predicted octanol–water partition coefficient (Wildman–Crippen LogP) is 3.63. The number of hydrogen-bond acceptors (Lipinski definition) is 4. The largest absolute Gasteiger partial charge is 0.496 e. The number of rotatable bonds is 7. The normalized spacial score (nSPS) is 21.5. The summed E-state index contributed by atoms with van der Waals surface area (Å²) < 4.78 is 16.3. The van der Waals surface area contributed by atoms with Crippen molar-refractivity contribution in [1.29, 1.82) is 0 Å². The number of ether oxygens (including phenoxy) is 3. The van der Waals surface area contributed by atoms with Crippen LogP contribution in [0.2, 0.25) is 0 Å². The molecule has 0 radical (unpaired) electrons. The van der Waals surface area contributed by atoms with Crippen molar-refractivity contribution < 1.29 is 14.2 Å². The molecule has 2 rings (SSSR count). The number of methoxy groups -OCH3 is 3. The van der Waals surface area contributed by atoms with Crippen LogP contribution in [0, 0.1) is 11.8 Å². The molecule has 0 atom stereocenters. The molecule has 4 nitrogen and oxygen atoms in total. The van der Waals surface area contributed by atoms with E-state index in [1.54, 1.807) is 21.3 Å². The van der Waals surface area contributed by atoms with Crippen LogP contribution in [0.3, 0.4) is 0 Å². The number of benzene rings is 1. The van der Waals surface area contributed by atoms with Gasteiger partial charge in [0.2, 0.25) is 0 Å². The highest BCUT2D eigenvalue weighted by Gasteiger charge is 2.18. The molecule has 0 amide bonds. The average Bonchev–Trinajstić information content (AvgIpc) is 2.56. The van der Waals surface area contributed by atoms with Gasteiger partial charge in [0, 0.05) is 18.7 Å². The van der Waals surface area contributed by atoms with E-state index < -0.39 is 0 Å². The summed E-state index contributed by atoms with van der Waals surface area (Å²) in [6.07, 6.45) is 5.40. The Kier molecular flexibility index (Phi) is 6.37. The van der Waals surface area contributed by atoms with Crippen molar-refractivity contribution >= 4 is 0 Å². The van der Waals surface area contributed by atoms with Crippen LogP contribution in [0.25, 0.3) is 0 Å². The lowest BCUT2D eigenvalue weighted by atomic mass is 9.83. The van der Waals surface area contributed by atoms with Gasteiger partial charge in [-0.3, -0.25) is 0 Å². The molecule has 124 valence electrons. The van der Waals surface area contributed by atoms with Gasteiger partial charge in [-0.25, -0.2) is 0 Å². The van der Waals surface area contributed by atoms with Gasteiger partial charge in [0.15, 0.2) is 0 Å². The predicted molar refractivity (Wildman–Crippen MR) is 88.9 cm³/mol. The van der Waals surface area contributed by atoms with E-state index in [1.807, 2.05) is 12.1 Å². The Morgan fingerprint density at radius 1 is 0.955 bits per heavy atom. The lowest BCUT2D eigenvalue weighted by Gasteiger charge is -2.26. The minimum absolute atomic E-state index is 0.749. The summed E-state index contributed by atoms with van der Waals surface area (Å²) in [5.74, 6) is 4.06. The van der Waals surface area contributed by atoms with Gasteiger partial charge < -0.3 is 19.5 Å². The van der Waals surface area contributed by atoms with Gasteiger partial charge in [-0.05, 0) is 31.2 Å². The molecule has 22 heavy (non-hydrogen) atoms. The maximum Gasteiger partial charge on any atom is 0.130 e. The van der Waals surface area contributed by atoms with Crippen molar-refractivity contribution in [2.24, 2.45) is 11.8 Å². The SMILES string of the molecule is COc1cc(OC)c(CNCC2CCC(C)CC2)c(OC)c1. The van der Waals surface area contributed by atoms with Crippen molar-refractivity contribution in [3.05, 3.63) is 17.7 Å². The van der Waals surface area contributed by atoms with Gasteiger partial charge >= 0.3 is 0 Å². The molecular weight excluding hydrogens is 278 g/mol. The van der Waals surface area contributed by atoms with Gasteiger partial charge in [0.25, 0.3) is 0 Å². The Labute approximate surface area is 134 Å². The molecule has 0 bridgehead atoms. The highest BCUT2D eigenvalue weighted by atomic mass is 16.5. The number of nitrogens with one attached hydrogen (secondary N) is 1. The zero-order chi connectivity index (χ0) is 15.9. The third kappa shape index (κ3) is 4.29. The monoisotopic (exact) mass is 307 g/mol. The molecule has 1 aliphatic rings. The topological polar surface area (TPSA) is 39.7 Å². The van der Waals surface area contributed by atoms with E-state index >= 15 is 0 Å². The molecule has 0 aromatic heterocycles. The van der Waals surface area contributed by atoms with Crippen molar-refractivity contribution in [2.45, 2.75) is 39.2 Å². The van der Waals surface area contributed by atoms with E-state index in [0.717, 1.165) is 47.7 Å². The molecule has 1 saturated carbocycles. The molecule has 1 aromatic carbocycles. The second-order valence-electron chi connectivity index (χ2n) is 6.27. The first-order chi connectivity index (χ1) is 10.7. The van der Waals surface area contributed by atoms with Crippen LogP contribution in [-0.4, -0.2) is 27.9 Å². The van der Waals surface area contributed by atoms with Gasteiger partial charge in [-0.2, -0.15) is 0 Å². The van der Waals surface area contributed by atoms with Crippen LogP contribution in [0.15, 0.2) is 12.1 Å². The third-order valence-electron chi connectivity index (χ3n) is 4.69. The molecule has 1 aromatic rings. The fourth-order valence-electron chi connectivity index (χ4n) is 3.19. The summed E-state index contributed by atoms with van der Waals surface area (Å²) in [6.45, 7) is 4.17. The van der Waals surface area contributed by atoms with Crippen molar-refractivity contribution in [3.8, 4) is 17.2 Å². The van der Waals surface area contributed by atoms with Crippen LogP contribution in [0.1, 0.15) is 38.2 Å². The lowest BCUT2D eigenvalue weighted by Crippen LogP contribution is -2.26. The molecule has 0 aliphatic heterocycles. The fourth-order valence-corrected chi connectivity index (χ4v) is 3.19. The van der Waals surface area contributed by atoms with E-state index in [9.17, 15) is 0 Å². The standard InChI is InChI=1S/C18H29NO3/c1-13-5-7-14(8-6-13)11-19-12-16-17(21-3)9-15(20-2)10-18(16)22-4/h9-10,13-14,19H,5-8,11-12H2,1-4H3. The lowest BCUT2D eigenvalue weighted by molar-refractivity contribution is 0.280. The van der Waals surface area contributed by atoms with Gasteiger partial charge in [0.1, 0.15) is 17.2 Å². The summed E-state index contributed by atoms with van der Waals surface area (Å²) in [4.78, 5) is 0. The molecule has 0 saturated heterocycles. The van der Waals surface area contributed by atoms with Crippen LogP contribution >= 0.6 is 0 Å². The summed E-state index contributed by atoms with van der Waals surface area (Å²) >= 11 is 0. The smallest absolute Gasteiger partial charge is 0.130 e. The second-order valence-corrected chi connectivity index (χ2v) is 6.27. The van der Waals surface area contributed by atoms with Crippen molar-refractivity contribution in [3.63, 3.8) is 0 Å². The summed E-state index contributed by atoms with van der Waals surface area (Å²) in [7, 11) is 5.01. The zero-order valence-electron chi connectivity index (χ0n) is 14.3. The Bertz CT molecular complexity index is 442. The van der Waals surface area contributed by atoms with Crippen molar-refractivity contribution in [1.82, 2.24) is 5.32 Å². The minimum Gasteiger partial charge on any atom is -0.496 e. The average molecular weight is 307 g/mol. The van der Waals surface area contributed by atoms with E-state index in [4.69, 9.17) is 14.2 Å². The quantitative estimate of drug-likeness (QED) is 0.835. The molecule has 0 spiro atoms. The maximum absolute atomic E-state index is 5.49. The summed E-state index contributed by atoms with van der Waals surface area (Å²) in [5, 5.41) is 3.57. The van der Waals surface area contributed by atoms with Gasteiger partial charge in [-0.15, -0.1) is 0 Å². The summed E-state index contributed by atoms with van der Waals surface area (Å²) in [5.41, 5.74) is 1.05. The second kappa shape index (κ2) is 8.28. The first-order valence-corrected chi connectivity index (χ1v) is 8.17. The Hall–Kier alpha value is -1.42. The maximum atomic E-state index is 5.49. The molecule has 1 fully saturated rings. The fraction of sp³-hybridized carbons (Fsp3) is 0.667. The third-order valence-corrected chi connectivity index (χ3v) is 4.69. The van der Waals surface area contributed by atoms with Crippen LogP contribution < -0.4 is 19.5 Å². The minimum atomic E-state index is 0.749. The molecule has 0 heterocycles. The highest BCUT2D eigenvalue weighted by molar-refractivity contribution is 5.50. The molecule has 1 N–H and O–H groups in total. The summed E-state index contributed by atoms with van der Waals surface area (Å²) in [6, 6.07) is 3.81. The Morgan fingerprint density at radius 3 is 2.05 bits per heavy atom. The number of hydrogen-bond donors (Lipinski definition) is 1. The Balaban J connectivity index is 1.96. The van der Waals surface area contributed by atoms with Crippen LogP contribution in [0.4, 0.5) is 0 Å². The zero-order valence-corrected chi connectivity index (χ0v) is 14.3.